The molecule has 24 heavy (non-hydrogen) atoms. The first-order valence-electron chi connectivity index (χ1n) is 8.12. The van der Waals surface area contributed by atoms with E-state index in [-0.39, 0.29) is 12.0 Å². The lowest BCUT2D eigenvalue weighted by molar-refractivity contribution is 0.0756. The topological polar surface area (TPSA) is 81.1 Å². The second-order valence-corrected chi connectivity index (χ2v) is 6.11. The molecule has 0 aromatic carbocycles. The van der Waals surface area contributed by atoms with Crippen molar-refractivity contribution in [2.24, 2.45) is 0 Å². The molecular formula is C17H21N5O2. The van der Waals surface area contributed by atoms with Gasteiger partial charge in [0.25, 0.3) is 5.91 Å². The van der Waals surface area contributed by atoms with Gasteiger partial charge in [0.1, 0.15) is 12.0 Å². The summed E-state index contributed by atoms with van der Waals surface area (Å²) in [5, 5.41) is 0. The Bertz CT molecular complexity index is 730. The number of amides is 1. The molecule has 0 bridgehead atoms. The van der Waals surface area contributed by atoms with Crippen molar-refractivity contribution in [1.29, 1.82) is 0 Å². The van der Waals surface area contributed by atoms with Gasteiger partial charge in [-0.25, -0.2) is 15.0 Å². The minimum absolute atomic E-state index is 0.0489. The smallest absolute Gasteiger partial charge is 0.274 e. The fraction of sp³-hybridized carbons (Fsp3) is 0.471. The van der Waals surface area contributed by atoms with Gasteiger partial charge in [-0.05, 0) is 27.2 Å². The largest absolute Gasteiger partial charge is 0.475 e. The van der Waals surface area contributed by atoms with E-state index in [1.807, 2.05) is 20.8 Å². The Kier molecular flexibility index (Phi) is 4.69. The van der Waals surface area contributed by atoms with E-state index in [0.29, 0.717) is 37.5 Å². The molecule has 1 aliphatic heterocycles. The Labute approximate surface area is 141 Å². The average Bonchev–Trinajstić information content (AvgIpc) is 2.78. The first kappa shape index (κ1) is 16.3. The lowest BCUT2D eigenvalue weighted by Crippen LogP contribution is -2.34. The average molecular weight is 327 g/mol. The highest BCUT2D eigenvalue weighted by molar-refractivity contribution is 5.92. The number of nitrogens with zero attached hydrogens (tertiary/aromatic N) is 5. The van der Waals surface area contributed by atoms with Gasteiger partial charge < -0.3 is 9.64 Å². The zero-order valence-corrected chi connectivity index (χ0v) is 14.2. The van der Waals surface area contributed by atoms with Crippen LogP contribution in [0.4, 0.5) is 0 Å². The van der Waals surface area contributed by atoms with Crippen LogP contribution in [0.1, 0.15) is 41.3 Å². The third-order valence-corrected chi connectivity index (χ3v) is 3.88. The Morgan fingerprint density at radius 1 is 1.12 bits per heavy atom. The molecule has 1 amide bonds. The highest BCUT2D eigenvalue weighted by atomic mass is 16.5. The van der Waals surface area contributed by atoms with E-state index in [1.165, 1.54) is 12.5 Å². The lowest BCUT2D eigenvalue weighted by Gasteiger charge is -2.19. The molecule has 0 N–H and O–H groups in total. The van der Waals surface area contributed by atoms with Gasteiger partial charge in [0.05, 0.1) is 23.7 Å². The molecule has 3 rings (SSSR count). The van der Waals surface area contributed by atoms with Crippen molar-refractivity contribution in [3.8, 4) is 5.88 Å². The molecule has 2 aromatic heterocycles. The summed E-state index contributed by atoms with van der Waals surface area (Å²) in [6.45, 7) is 6.97. The molecule has 7 nitrogen and oxygen atoms in total. The van der Waals surface area contributed by atoms with Crippen LogP contribution in [0.2, 0.25) is 0 Å². The molecule has 0 fully saturated rings. The second-order valence-electron chi connectivity index (χ2n) is 6.11. The lowest BCUT2D eigenvalue weighted by atomic mass is 10.1. The first-order chi connectivity index (χ1) is 11.5. The summed E-state index contributed by atoms with van der Waals surface area (Å²) in [6.07, 6.45) is 6.07. The zero-order chi connectivity index (χ0) is 17.1. The summed E-state index contributed by atoms with van der Waals surface area (Å²) in [5.41, 5.74) is 3.11. The van der Waals surface area contributed by atoms with Gasteiger partial charge in [0.2, 0.25) is 5.88 Å². The number of ether oxygens (including phenoxy) is 1. The van der Waals surface area contributed by atoms with Gasteiger partial charge in [-0.3, -0.25) is 9.78 Å². The maximum absolute atomic E-state index is 12.6. The van der Waals surface area contributed by atoms with Gasteiger partial charge in [0, 0.05) is 31.3 Å². The zero-order valence-electron chi connectivity index (χ0n) is 14.2. The number of rotatable bonds is 3. The molecule has 1 aliphatic rings. The van der Waals surface area contributed by atoms with Gasteiger partial charge >= 0.3 is 0 Å². The minimum Gasteiger partial charge on any atom is -0.475 e. The Morgan fingerprint density at radius 3 is 2.62 bits per heavy atom. The maximum atomic E-state index is 12.6. The number of hydrogen-bond donors (Lipinski definition) is 0. The number of carbonyl (C=O) groups is 1. The van der Waals surface area contributed by atoms with Gasteiger partial charge in [-0.15, -0.1) is 0 Å². The molecule has 0 radical (unpaired) electrons. The van der Waals surface area contributed by atoms with Crippen molar-refractivity contribution in [3.05, 3.63) is 41.4 Å². The summed E-state index contributed by atoms with van der Waals surface area (Å²) < 4.78 is 5.78. The Hall–Kier alpha value is -2.57. The van der Waals surface area contributed by atoms with E-state index in [1.54, 1.807) is 11.1 Å². The van der Waals surface area contributed by atoms with Crippen LogP contribution in [-0.2, 0) is 12.8 Å². The van der Waals surface area contributed by atoms with Crippen LogP contribution in [0.15, 0.2) is 18.7 Å². The van der Waals surface area contributed by atoms with E-state index in [2.05, 4.69) is 19.9 Å². The van der Waals surface area contributed by atoms with Crippen LogP contribution in [0, 0.1) is 6.92 Å². The molecular weight excluding hydrogens is 306 g/mol. The third kappa shape index (κ3) is 3.50. The highest BCUT2D eigenvalue weighted by Crippen LogP contribution is 2.23. The Balaban J connectivity index is 1.78. The SMILES string of the molecule is Cc1cnc(C(=O)N2CCc3ncnc(OC(C)C)c3CC2)cn1. The van der Waals surface area contributed by atoms with Gasteiger partial charge in [-0.1, -0.05) is 0 Å². The van der Waals surface area contributed by atoms with Crippen molar-refractivity contribution in [1.82, 2.24) is 24.8 Å². The van der Waals surface area contributed by atoms with Gasteiger partial charge in [-0.2, -0.15) is 0 Å². The van der Waals surface area contributed by atoms with Crippen molar-refractivity contribution >= 4 is 5.91 Å². The van der Waals surface area contributed by atoms with E-state index in [9.17, 15) is 4.79 Å². The molecule has 0 atom stereocenters. The van der Waals surface area contributed by atoms with Crippen LogP contribution in [-0.4, -0.2) is 49.9 Å². The molecule has 3 heterocycles. The maximum Gasteiger partial charge on any atom is 0.274 e. The minimum atomic E-state index is -0.102. The fourth-order valence-corrected chi connectivity index (χ4v) is 2.69. The van der Waals surface area contributed by atoms with E-state index in [4.69, 9.17) is 4.74 Å². The van der Waals surface area contributed by atoms with Crippen molar-refractivity contribution in [3.63, 3.8) is 0 Å². The van der Waals surface area contributed by atoms with Crippen LogP contribution in [0.3, 0.4) is 0 Å². The molecule has 0 unspecified atom stereocenters. The fourth-order valence-electron chi connectivity index (χ4n) is 2.69. The van der Waals surface area contributed by atoms with Crippen LogP contribution < -0.4 is 4.74 Å². The van der Waals surface area contributed by atoms with Gasteiger partial charge in [0.15, 0.2) is 0 Å². The summed E-state index contributed by atoms with van der Waals surface area (Å²) >= 11 is 0. The molecule has 0 saturated carbocycles. The molecule has 0 spiro atoms. The third-order valence-electron chi connectivity index (χ3n) is 3.88. The van der Waals surface area contributed by atoms with Crippen molar-refractivity contribution in [2.75, 3.05) is 13.1 Å². The summed E-state index contributed by atoms with van der Waals surface area (Å²) in [5.74, 6) is 0.522. The van der Waals surface area contributed by atoms with Crippen molar-refractivity contribution < 1.29 is 9.53 Å². The standard InChI is InChI=1S/C17H21N5O2/c1-11(2)24-16-13-4-6-22(7-5-14(13)20-10-21-16)17(23)15-9-18-12(3)8-19-15/h8-11H,4-7H2,1-3H3. The van der Waals surface area contributed by atoms with E-state index >= 15 is 0 Å². The van der Waals surface area contributed by atoms with Crippen molar-refractivity contribution in [2.45, 2.75) is 39.7 Å². The quantitative estimate of drug-likeness (QED) is 0.852. The molecule has 2 aromatic rings. The Morgan fingerprint density at radius 2 is 1.92 bits per heavy atom. The van der Waals surface area contributed by atoms with Crippen LogP contribution in [0.25, 0.3) is 0 Å². The number of aromatic nitrogens is 4. The number of aryl methyl sites for hydroxylation is 1. The van der Waals surface area contributed by atoms with Crippen LogP contribution in [0.5, 0.6) is 5.88 Å². The molecule has 0 aliphatic carbocycles. The summed E-state index contributed by atoms with van der Waals surface area (Å²) in [4.78, 5) is 31.4. The normalized spacial score (nSPS) is 14.2. The monoisotopic (exact) mass is 327 g/mol. The second kappa shape index (κ2) is 6.90. The number of hydrogen-bond acceptors (Lipinski definition) is 6. The summed E-state index contributed by atoms with van der Waals surface area (Å²) in [7, 11) is 0. The molecule has 0 saturated heterocycles. The summed E-state index contributed by atoms with van der Waals surface area (Å²) in [6, 6.07) is 0. The van der Waals surface area contributed by atoms with Crippen LogP contribution >= 0.6 is 0 Å². The predicted molar refractivity (Wildman–Crippen MR) is 87.9 cm³/mol. The van der Waals surface area contributed by atoms with E-state index in [0.717, 1.165) is 17.0 Å². The molecule has 126 valence electrons. The predicted octanol–water partition coefficient (Wildman–Crippen LogP) is 1.60. The number of fused-ring (bicyclic) bond motifs is 1. The van der Waals surface area contributed by atoms with E-state index < -0.39 is 0 Å². The highest BCUT2D eigenvalue weighted by Gasteiger charge is 2.24. The first-order valence-corrected chi connectivity index (χ1v) is 8.12. The molecule has 7 heteroatoms. The number of carbonyl (C=O) groups excluding carboxylic acids is 1.